The fourth-order valence-corrected chi connectivity index (χ4v) is 1.77. The fourth-order valence-electron chi connectivity index (χ4n) is 1.77. The summed E-state index contributed by atoms with van der Waals surface area (Å²) in [5, 5.41) is 11.3. The summed E-state index contributed by atoms with van der Waals surface area (Å²) in [5.74, 6) is -5.92. The van der Waals surface area contributed by atoms with Gasteiger partial charge < -0.3 is 16.2 Å². The molecule has 0 fully saturated rings. The second kappa shape index (κ2) is 5.86. The SMILES string of the molecule is CC(C)(CC(N)=O)NC(=O)c1cc(F)c(F)cc1C(=O)O. The van der Waals surface area contributed by atoms with Gasteiger partial charge in [0.1, 0.15) is 0 Å². The van der Waals surface area contributed by atoms with E-state index in [4.69, 9.17) is 10.8 Å². The number of carboxylic acids is 1. The Morgan fingerprint density at radius 3 is 2.10 bits per heavy atom. The molecule has 0 aliphatic heterocycles. The second-order valence-corrected chi connectivity index (χ2v) is 5.10. The number of carboxylic acid groups (broad SMARTS) is 1. The molecule has 0 saturated heterocycles. The lowest BCUT2D eigenvalue weighted by atomic mass is 9.98. The minimum Gasteiger partial charge on any atom is -0.478 e. The van der Waals surface area contributed by atoms with Crippen LogP contribution in [-0.2, 0) is 4.79 Å². The molecule has 0 unspecified atom stereocenters. The zero-order valence-electron chi connectivity index (χ0n) is 11.4. The number of nitrogens with two attached hydrogens (primary N) is 1. The average Bonchev–Trinajstić information content (AvgIpc) is 2.29. The summed E-state index contributed by atoms with van der Waals surface area (Å²) in [6.45, 7) is 2.96. The molecule has 1 aromatic rings. The van der Waals surface area contributed by atoms with Gasteiger partial charge in [0.15, 0.2) is 11.6 Å². The summed E-state index contributed by atoms with van der Waals surface area (Å²) in [6.07, 6.45) is -0.204. The number of hydrogen-bond acceptors (Lipinski definition) is 3. The van der Waals surface area contributed by atoms with Crippen molar-refractivity contribution in [1.82, 2.24) is 5.32 Å². The Hall–Kier alpha value is -2.51. The van der Waals surface area contributed by atoms with E-state index < -0.39 is 46.1 Å². The maximum Gasteiger partial charge on any atom is 0.336 e. The lowest BCUT2D eigenvalue weighted by Crippen LogP contribution is -2.46. The standard InChI is InChI=1S/C13H14F2N2O4/c1-13(2,5-10(16)18)17-11(19)6-3-8(14)9(15)4-7(6)12(20)21/h3-4H,5H2,1-2H3,(H2,16,18)(H,17,19)(H,20,21). The molecule has 4 N–H and O–H groups in total. The van der Waals surface area contributed by atoms with Crippen LogP contribution >= 0.6 is 0 Å². The van der Waals surface area contributed by atoms with Gasteiger partial charge in [-0.3, -0.25) is 9.59 Å². The van der Waals surface area contributed by atoms with E-state index in [-0.39, 0.29) is 6.42 Å². The molecule has 0 aromatic heterocycles. The van der Waals surface area contributed by atoms with E-state index >= 15 is 0 Å². The zero-order valence-corrected chi connectivity index (χ0v) is 11.4. The zero-order chi connectivity index (χ0) is 16.4. The molecule has 1 rings (SSSR count). The van der Waals surface area contributed by atoms with Crippen molar-refractivity contribution in [1.29, 1.82) is 0 Å². The van der Waals surface area contributed by atoms with Crippen molar-refractivity contribution in [2.45, 2.75) is 25.8 Å². The molecule has 0 saturated carbocycles. The highest BCUT2D eigenvalue weighted by molar-refractivity contribution is 6.05. The van der Waals surface area contributed by atoms with Gasteiger partial charge in [-0.05, 0) is 26.0 Å². The van der Waals surface area contributed by atoms with Crippen molar-refractivity contribution in [3.05, 3.63) is 34.9 Å². The Bertz CT molecular complexity index is 614. The third-order valence-electron chi connectivity index (χ3n) is 2.60. The number of hydrogen-bond donors (Lipinski definition) is 3. The Morgan fingerprint density at radius 1 is 1.19 bits per heavy atom. The van der Waals surface area contributed by atoms with Gasteiger partial charge in [0.2, 0.25) is 5.91 Å². The van der Waals surface area contributed by atoms with Crippen molar-refractivity contribution >= 4 is 17.8 Å². The first-order chi connectivity index (χ1) is 9.53. The highest BCUT2D eigenvalue weighted by Gasteiger charge is 2.27. The smallest absolute Gasteiger partial charge is 0.336 e. The first-order valence-electron chi connectivity index (χ1n) is 5.86. The first kappa shape index (κ1) is 16.5. The molecule has 1 aromatic carbocycles. The van der Waals surface area contributed by atoms with Gasteiger partial charge in [-0.15, -0.1) is 0 Å². The van der Waals surface area contributed by atoms with E-state index in [0.29, 0.717) is 12.1 Å². The summed E-state index contributed by atoms with van der Waals surface area (Å²) in [6, 6.07) is 0.919. The molecular formula is C13H14F2N2O4. The fraction of sp³-hybridized carbons (Fsp3) is 0.308. The van der Waals surface area contributed by atoms with Crippen LogP contribution in [0.2, 0.25) is 0 Å². The van der Waals surface area contributed by atoms with E-state index in [1.165, 1.54) is 13.8 Å². The molecule has 0 spiro atoms. The van der Waals surface area contributed by atoms with Gasteiger partial charge in [0.05, 0.1) is 11.1 Å². The average molecular weight is 300 g/mol. The van der Waals surface area contributed by atoms with Crippen LogP contribution in [0.5, 0.6) is 0 Å². The number of carbonyl (C=O) groups is 3. The van der Waals surface area contributed by atoms with Gasteiger partial charge >= 0.3 is 5.97 Å². The number of primary amides is 1. The van der Waals surface area contributed by atoms with Crippen LogP contribution in [0, 0.1) is 11.6 Å². The number of aromatic carboxylic acids is 1. The normalized spacial score (nSPS) is 11.0. The van der Waals surface area contributed by atoms with Gasteiger partial charge in [-0.25, -0.2) is 13.6 Å². The van der Waals surface area contributed by atoms with Crippen molar-refractivity contribution < 1.29 is 28.3 Å². The molecule has 6 nitrogen and oxygen atoms in total. The molecule has 0 radical (unpaired) electrons. The number of halogens is 2. The van der Waals surface area contributed by atoms with Gasteiger partial charge in [0, 0.05) is 12.0 Å². The van der Waals surface area contributed by atoms with Crippen LogP contribution in [0.1, 0.15) is 41.0 Å². The maximum absolute atomic E-state index is 13.2. The molecule has 0 bridgehead atoms. The monoisotopic (exact) mass is 300 g/mol. The predicted molar refractivity (Wildman–Crippen MR) is 68.7 cm³/mol. The van der Waals surface area contributed by atoms with Crippen molar-refractivity contribution in [2.24, 2.45) is 5.73 Å². The molecule has 114 valence electrons. The number of amides is 2. The number of rotatable bonds is 5. The Kier molecular flexibility index (Phi) is 4.62. The second-order valence-electron chi connectivity index (χ2n) is 5.10. The van der Waals surface area contributed by atoms with Crippen LogP contribution in [0.4, 0.5) is 8.78 Å². The van der Waals surface area contributed by atoms with Crippen molar-refractivity contribution in [2.75, 3.05) is 0 Å². The van der Waals surface area contributed by atoms with Crippen LogP contribution in [-0.4, -0.2) is 28.4 Å². The topological polar surface area (TPSA) is 109 Å². The molecule has 8 heteroatoms. The Balaban J connectivity index is 3.15. The van der Waals surface area contributed by atoms with Gasteiger partial charge in [-0.2, -0.15) is 0 Å². The molecular weight excluding hydrogens is 286 g/mol. The summed E-state index contributed by atoms with van der Waals surface area (Å²) in [4.78, 5) is 33.9. The van der Waals surface area contributed by atoms with Crippen molar-refractivity contribution in [3.8, 4) is 0 Å². The third-order valence-corrected chi connectivity index (χ3v) is 2.60. The van der Waals surface area contributed by atoms with E-state index in [2.05, 4.69) is 5.32 Å². The molecule has 0 heterocycles. The highest BCUT2D eigenvalue weighted by Crippen LogP contribution is 2.17. The number of nitrogens with one attached hydrogen (secondary N) is 1. The Labute approximate surface area is 118 Å². The first-order valence-corrected chi connectivity index (χ1v) is 5.86. The molecule has 0 aliphatic carbocycles. The van der Waals surface area contributed by atoms with E-state index in [0.717, 1.165) is 0 Å². The summed E-state index contributed by atoms with van der Waals surface area (Å²) >= 11 is 0. The highest BCUT2D eigenvalue weighted by atomic mass is 19.2. The Morgan fingerprint density at radius 2 is 1.67 bits per heavy atom. The predicted octanol–water partition coefficient (Wildman–Crippen LogP) is 1.05. The lowest BCUT2D eigenvalue weighted by molar-refractivity contribution is -0.119. The lowest BCUT2D eigenvalue weighted by Gasteiger charge is -2.25. The van der Waals surface area contributed by atoms with Crippen LogP contribution in [0.25, 0.3) is 0 Å². The molecule has 21 heavy (non-hydrogen) atoms. The minimum absolute atomic E-state index is 0.204. The molecule has 0 aliphatic rings. The van der Waals surface area contributed by atoms with E-state index in [1.54, 1.807) is 0 Å². The van der Waals surface area contributed by atoms with Gasteiger partial charge in [0.25, 0.3) is 5.91 Å². The molecule has 2 amide bonds. The largest absolute Gasteiger partial charge is 0.478 e. The molecule has 0 atom stereocenters. The summed E-state index contributed by atoms with van der Waals surface area (Å²) in [5.41, 5.74) is 2.73. The van der Waals surface area contributed by atoms with E-state index in [9.17, 15) is 23.2 Å². The van der Waals surface area contributed by atoms with Crippen LogP contribution in [0.15, 0.2) is 12.1 Å². The van der Waals surface area contributed by atoms with E-state index in [1.807, 2.05) is 0 Å². The summed E-state index contributed by atoms with van der Waals surface area (Å²) < 4.78 is 26.3. The number of benzene rings is 1. The maximum atomic E-state index is 13.2. The van der Waals surface area contributed by atoms with Crippen LogP contribution in [0.3, 0.4) is 0 Å². The summed E-state index contributed by atoms with van der Waals surface area (Å²) in [7, 11) is 0. The quantitative estimate of drug-likeness (QED) is 0.754. The van der Waals surface area contributed by atoms with Crippen LogP contribution < -0.4 is 11.1 Å². The third kappa shape index (κ3) is 4.23. The minimum atomic E-state index is -1.58. The van der Waals surface area contributed by atoms with Gasteiger partial charge in [-0.1, -0.05) is 0 Å². The number of carbonyl (C=O) groups excluding carboxylic acids is 2. The van der Waals surface area contributed by atoms with Crippen molar-refractivity contribution in [3.63, 3.8) is 0 Å².